The first-order chi connectivity index (χ1) is 12.3. The molecule has 3 unspecified atom stereocenters. The number of carbonyl (C=O) groups is 1. The summed E-state index contributed by atoms with van der Waals surface area (Å²) < 4.78 is 29.3. The predicted molar refractivity (Wildman–Crippen MR) is 94.0 cm³/mol. The molecule has 1 N–H and O–H groups in total. The number of sulfonamides is 1. The van der Waals surface area contributed by atoms with Gasteiger partial charge in [0.1, 0.15) is 0 Å². The zero-order valence-corrected chi connectivity index (χ0v) is 15.6. The average Bonchev–Trinajstić information content (AvgIpc) is 3.15. The molecule has 26 heavy (non-hydrogen) atoms. The fraction of sp³-hybridized carbons (Fsp3) is 0.444. The summed E-state index contributed by atoms with van der Waals surface area (Å²) in [6.45, 7) is 4.56. The van der Waals surface area contributed by atoms with Crippen LogP contribution in [0.5, 0.6) is 0 Å². The van der Waals surface area contributed by atoms with Crippen LogP contribution in [-0.2, 0) is 14.8 Å². The number of nitrogens with zero attached hydrogens (tertiary/aromatic N) is 3. The molecule has 3 atom stereocenters. The van der Waals surface area contributed by atoms with Crippen LogP contribution in [0.25, 0.3) is 10.8 Å². The summed E-state index contributed by atoms with van der Waals surface area (Å²) in [7, 11) is -3.71. The highest BCUT2D eigenvalue weighted by Gasteiger charge is 2.51. The summed E-state index contributed by atoms with van der Waals surface area (Å²) >= 11 is 0. The number of amides is 1. The third kappa shape index (κ3) is 2.47. The number of aromatic nitrogens is 1. The van der Waals surface area contributed by atoms with Gasteiger partial charge in [-0.3, -0.25) is 10.0 Å². The number of hydrogen-bond donors (Lipinski definition) is 1. The third-order valence-corrected chi connectivity index (χ3v) is 7.71. The Morgan fingerprint density at radius 3 is 2.81 bits per heavy atom. The molecule has 0 bridgehead atoms. The van der Waals surface area contributed by atoms with Gasteiger partial charge in [0, 0.05) is 42.2 Å². The lowest BCUT2D eigenvalue weighted by Crippen LogP contribution is -2.45. The first-order valence-electron chi connectivity index (χ1n) is 8.73. The number of benzene rings is 1. The Labute approximate surface area is 152 Å². The zero-order chi connectivity index (χ0) is 18.6. The first kappa shape index (κ1) is 17.2. The number of likely N-dealkylation sites (tertiary alicyclic amines) is 1. The van der Waals surface area contributed by atoms with E-state index in [0.717, 1.165) is 11.2 Å². The average molecular weight is 376 g/mol. The van der Waals surface area contributed by atoms with E-state index >= 15 is 0 Å². The van der Waals surface area contributed by atoms with Crippen molar-refractivity contribution < 1.29 is 23.1 Å². The van der Waals surface area contributed by atoms with Crippen LogP contribution in [0.3, 0.4) is 0 Å². The molecule has 0 radical (unpaired) electrons. The second-order valence-electron chi connectivity index (χ2n) is 7.15. The fourth-order valence-electron chi connectivity index (χ4n) is 4.52. The number of rotatable bonds is 2. The molecule has 8 heteroatoms. The summed E-state index contributed by atoms with van der Waals surface area (Å²) in [5.74, 6) is 0.180. The van der Waals surface area contributed by atoms with E-state index in [1.807, 2.05) is 11.8 Å². The normalized spacial score (nSPS) is 26.4. The smallest absolute Gasteiger partial charge is 0.244 e. The number of pyridine rings is 1. The molecule has 2 aliphatic heterocycles. The molecule has 2 aliphatic rings. The maximum atomic E-state index is 13.4. The van der Waals surface area contributed by atoms with Crippen LogP contribution in [0.15, 0.2) is 41.6 Å². The zero-order valence-electron chi connectivity index (χ0n) is 14.7. The minimum atomic E-state index is -3.71. The van der Waals surface area contributed by atoms with Crippen LogP contribution in [0, 0.1) is 5.92 Å². The Morgan fingerprint density at radius 2 is 2.08 bits per heavy atom. The highest BCUT2D eigenvalue weighted by Crippen LogP contribution is 2.39. The number of hydrogen-bond acceptors (Lipinski definition) is 4. The van der Waals surface area contributed by atoms with Gasteiger partial charge in [0.25, 0.3) is 0 Å². The maximum absolute atomic E-state index is 13.4. The van der Waals surface area contributed by atoms with Gasteiger partial charge in [-0.2, -0.15) is 4.31 Å². The quantitative estimate of drug-likeness (QED) is 0.626. The Bertz CT molecular complexity index is 991. The Balaban J connectivity index is 1.76. The number of fused-ring (bicyclic) bond motifs is 2. The Morgan fingerprint density at radius 1 is 1.31 bits per heavy atom. The molecule has 0 spiro atoms. The molecule has 2 fully saturated rings. The Kier molecular flexibility index (Phi) is 3.92. The minimum Gasteiger partial charge on any atom is -0.338 e. The summed E-state index contributed by atoms with van der Waals surface area (Å²) in [5.41, 5.74) is 0. The van der Waals surface area contributed by atoms with Crippen molar-refractivity contribution in [3.63, 3.8) is 0 Å². The maximum Gasteiger partial charge on any atom is 0.244 e. The molecule has 2 saturated heterocycles. The van der Waals surface area contributed by atoms with Gasteiger partial charge in [0.2, 0.25) is 28.3 Å². The SMILES string of the molecule is CC(=O)N1CCC2CN(S(=O)(=O)c3cccc4c[n+](O)ccc34)C(C)C21. The van der Waals surface area contributed by atoms with Crippen molar-refractivity contribution in [1.29, 1.82) is 0 Å². The van der Waals surface area contributed by atoms with Gasteiger partial charge >= 0.3 is 0 Å². The van der Waals surface area contributed by atoms with Crippen LogP contribution in [0.1, 0.15) is 20.3 Å². The van der Waals surface area contributed by atoms with Crippen molar-refractivity contribution in [2.45, 2.75) is 37.2 Å². The van der Waals surface area contributed by atoms with Gasteiger partial charge in [-0.1, -0.05) is 6.07 Å². The standard InChI is InChI=1S/C18H22N3O4S/c1-12-18-15(6-9-20(18)13(2)22)11-21(12)26(24,25)17-5-3-4-14-10-19(23)8-7-16(14)17/h3-5,7-8,10,12,15,18,23H,6,9,11H2,1-2H3/q+1. The molecular weight excluding hydrogens is 354 g/mol. The van der Waals surface area contributed by atoms with E-state index in [-0.39, 0.29) is 28.8 Å². The monoisotopic (exact) mass is 376 g/mol. The molecule has 138 valence electrons. The minimum absolute atomic E-state index is 0.00117. The third-order valence-electron chi connectivity index (χ3n) is 5.70. The van der Waals surface area contributed by atoms with E-state index in [0.29, 0.717) is 23.9 Å². The highest BCUT2D eigenvalue weighted by atomic mass is 32.2. The van der Waals surface area contributed by atoms with Crippen molar-refractivity contribution in [3.05, 3.63) is 36.7 Å². The van der Waals surface area contributed by atoms with Crippen molar-refractivity contribution >= 4 is 26.7 Å². The molecule has 1 aromatic heterocycles. The van der Waals surface area contributed by atoms with E-state index in [1.165, 1.54) is 16.7 Å². The largest absolute Gasteiger partial charge is 0.338 e. The van der Waals surface area contributed by atoms with Crippen molar-refractivity contribution in [2.24, 2.45) is 5.92 Å². The van der Waals surface area contributed by atoms with E-state index in [1.54, 1.807) is 31.2 Å². The second kappa shape index (κ2) is 5.92. The van der Waals surface area contributed by atoms with E-state index in [2.05, 4.69) is 0 Å². The molecule has 3 heterocycles. The molecule has 0 saturated carbocycles. The topological polar surface area (TPSA) is 81.8 Å². The molecular formula is C18H22N3O4S+. The molecule has 1 aromatic carbocycles. The highest BCUT2D eigenvalue weighted by molar-refractivity contribution is 7.89. The van der Waals surface area contributed by atoms with Gasteiger partial charge in [-0.25, -0.2) is 8.42 Å². The van der Waals surface area contributed by atoms with Gasteiger partial charge < -0.3 is 4.90 Å². The van der Waals surface area contributed by atoms with Crippen LogP contribution >= 0.6 is 0 Å². The van der Waals surface area contributed by atoms with Gasteiger partial charge in [0.15, 0.2) is 0 Å². The first-order valence-corrected chi connectivity index (χ1v) is 10.2. The lowest BCUT2D eigenvalue weighted by atomic mass is 10.0. The van der Waals surface area contributed by atoms with Gasteiger partial charge in [0.05, 0.1) is 16.3 Å². The summed E-state index contributed by atoms with van der Waals surface area (Å²) in [6, 6.07) is 6.32. The van der Waals surface area contributed by atoms with E-state index in [4.69, 9.17) is 0 Å². The van der Waals surface area contributed by atoms with Crippen molar-refractivity contribution in [3.8, 4) is 0 Å². The van der Waals surface area contributed by atoms with Crippen molar-refractivity contribution in [2.75, 3.05) is 13.1 Å². The van der Waals surface area contributed by atoms with Gasteiger partial charge in [-0.15, -0.1) is 0 Å². The lowest BCUT2D eigenvalue weighted by Gasteiger charge is -2.30. The Hall–Kier alpha value is -2.19. The fourth-order valence-corrected chi connectivity index (χ4v) is 6.44. The number of carbonyl (C=O) groups excluding carboxylic acids is 1. The van der Waals surface area contributed by atoms with Gasteiger partial charge in [-0.05, 0) is 31.4 Å². The second-order valence-corrected chi connectivity index (χ2v) is 9.01. The molecule has 1 amide bonds. The predicted octanol–water partition coefficient (Wildman–Crippen LogP) is 0.994. The van der Waals surface area contributed by atoms with Crippen LogP contribution < -0.4 is 4.73 Å². The molecule has 2 aromatic rings. The summed E-state index contributed by atoms with van der Waals surface area (Å²) in [4.78, 5) is 13.9. The molecule has 4 rings (SSSR count). The van der Waals surface area contributed by atoms with E-state index in [9.17, 15) is 18.4 Å². The van der Waals surface area contributed by atoms with Crippen LogP contribution in [0.4, 0.5) is 0 Å². The van der Waals surface area contributed by atoms with Crippen molar-refractivity contribution in [1.82, 2.24) is 9.21 Å². The summed E-state index contributed by atoms with van der Waals surface area (Å²) in [5, 5.41) is 10.8. The van der Waals surface area contributed by atoms with Crippen LogP contribution in [-0.4, -0.2) is 53.9 Å². The van der Waals surface area contributed by atoms with E-state index < -0.39 is 10.0 Å². The van der Waals surface area contributed by atoms with Crippen LogP contribution in [0.2, 0.25) is 0 Å². The summed E-state index contributed by atoms with van der Waals surface area (Å²) in [6.07, 6.45) is 3.73. The molecule has 0 aliphatic carbocycles. The lowest BCUT2D eigenvalue weighted by molar-refractivity contribution is -0.904. The molecule has 7 nitrogen and oxygen atoms in total.